The number of anilines is 1. The predicted molar refractivity (Wildman–Crippen MR) is 69.9 cm³/mol. The number of halogens is 3. The Hall–Kier alpha value is -1.78. The molecule has 0 unspecified atom stereocenters. The number of pyridine rings is 1. The van der Waals surface area contributed by atoms with Crippen LogP contribution in [-0.4, -0.2) is 12.0 Å². The topological polar surface area (TPSA) is 24.9 Å². The average Bonchev–Trinajstić information content (AvgIpc) is 2.33. The number of fused-ring (bicyclic) bond motifs is 1. The van der Waals surface area contributed by atoms with Gasteiger partial charge in [-0.25, -0.2) is 18.2 Å². The van der Waals surface area contributed by atoms with Crippen LogP contribution in [0, 0.1) is 17.5 Å². The van der Waals surface area contributed by atoms with Gasteiger partial charge in [-0.2, -0.15) is 0 Å². The van der Waals surface area contributed by atoms with E-state index in [2.05, 4.69) is 10.3 Å². The third-order valence-electron chi connectivity index (χ3n) is 2.99. The van der Waals surface area contributed by atoms with Gasteiger partial charge in [0, 0.05) is 24.1 Å². The van der Waals surface area contributed by atoms with E-state index in [4.69, 9.17) is 0 Å². The van der Waals surface area contributed by atoms with Gasteiger partial charge in [-0.05, 0) is 11.5 Å². The number of hydrogen-bond acceptors (Lipinski definition) is 2. The summed E-state index contributed by atoms with van der Waals surface area (Å²) in [7, 11) is 1.65. The van der Waals surface area contributed by atoms with E-state index in [9.17, 15) is 13.2 Å². The molecule has 0 fully saturated rings. The van der Waals surface area contributed by atoms with Gasteiger partial charge in [0.05, 0.1) is 0 Å². The Bertz CT molecular complexity index is 645. The fraction of sp³-hybridized carbons (Fsp3) is 0.357. The molecule has 0 spiro atoms. The SMILES string of the molecule is CNc1nc2c(F)cc(F)c(F)c2cc1C(C)(C)C. The molecule has 1 aromatic heterocycles. The third kappa shape index (κ3) is 2.25. The quantitative estimate of drug-likeness (QED) is 0.791. The van der Waals surface area contributed by atoms with Crippen LogP contribution in [0.4, 0.5) is 19.0 Å². The maximum atomic E-state index is 13.8. The van der Waals surface area contributed by atoms with Crippen molar-refractivity contribution in [3.63, 3.8) is 0 Å². The Balaban J connectivity index is 2.90. The third-order valence-corrected chi connectivity index (χ3v) is 2.99. The highest BCUT2D eigenvalue weighted by atomic mass is 19.2. The normalized spacial score (nSPS) is 11.9. The molecule has 0 saturated heterocycles. The molecular weight excluding hydrogens is 253 g/mol. The molecule has 0 aliphatic heterocycles. The van der Waals surface area contributed by atoms with Crippen LogP contribution < -0.4 is 5.32 Å². The van der Waals surface area contributed by atoms with Crippen LogP contribution >= 0.6 is 0 Å². The molecule has 1 N–H and O–H groups in total. The molecule has 2 nitrogen and oxygen atoms in total. The number of benzene rings is 1. The molecular formula is C14H15F3N2. The Morgan fingerprint density at radius 1 is 1.05 bits per heavy atom. The van der Waals surface area contributed by atoms with E-state index in [1.807, 2.05) is 20.8 Å². The number of hydrogen-bond donors (Lipinski definition) is 1. The van der Waals surface area contributed by atoms with E-state index in [-0.39, 0.29) is 16.3 Å². The average molecular weight is 268 g/mol. The van der Waals surface area contributed by atoms with E-state index in [0.29, 0.717) is 17.4 Å². The van der Waals surface area contributed by atoms with Gasteiger partial charge in [-0.3, -0.25) is 0 Å². The second-order valence-corrected chi connectivity index (χ2v) is 5.43. The number of rotatable bonds is 1. The minimum Gasteiger partial charge on any atom is -0.373 e. The lowest BCUT2D eigenvalue weighted by atomic mass is 9.86. The van der Waals surface area contributed by atoms with Gasteiger partial charge < -0.3 is 5.32 Å². The van der Waals surface area contributed by atoms with E-state index in [0.717, 1.165) is 0 Å². The molecule has 19 heavy (non-hydrogen) atoms. The van der Waals surface area contributed by atoms with Crippen LogP contribution in [0.1, 0.15) is 26.3 Å². The zero-order chi connectivity index (χ0) is 14.4. The standard InChI is InChI=1S/C14H15F3N2/c1-14(2,3)8-5-7-11(17)9(15)6-10(16)12(7)19-13(8)18-4/h5-6H,1-4H3,(H,18,19). The van der Waals surface area contributed by atoms with Gasteiger partial charge in [-0.15, -0.1) is 0 Å². The Labute approximate surface area is 109 Å². The summed E-state index contributed by atoms with van der Waals surface area (Å²) in [4.78, 5) is 4.07. The van der Waals surface area contributed by atoms with Crippen LogP contribution in [0.25, 0.3) is 10.9 Å². The first-order valence-electron chi connectivity index (χ1n) is 5.92. The zero-order valence-electron chi connectivity index (χ0n) is 11.2. The highest BCUT2D eigenvalue weighted by molar-refractivity contribution is 5.83. The second-order valence-electron chi connectivity index (χ2n) is 5.43. The Morgan fingerprint density at radius 3 is 2.21 bits per heavy atom. The van der Waals surface area contributed by atoms with Crippen molar-refractivity contribution >= 4 is 16.7 Å². The molecule has 0 amide bonds. The second kappa shape index (κ2) is 4.40. The van der Waals surface area contributed by atoms with Crippen LogP contribution in [0.3, 0.4) is 0 Å². The minimum atomic E-state index is -1.20. The summed E-state index contributed by atoms with van der Waals surface area (Å²) >= 11 is 0. The van der Waals surface area contributed by atoms with E-state index < -0.39 is 17.5 Å². The first-order chi connectivity index (χ1) is 8.75. The largest absolute Gasteiger partial charge is 0.373 e. The molecule has 0 aliphatic rings. The van der Waals surface area contributed by atoms with Gasteiger partial charge in [0.15, 0.2) is 17.5 Å². The van der Waals surface area contributed by atoms with E-state index in [1.165, 1.54) is 6.07 Å². The minimum absolute atomic E-state index is 0.138. The molecule has 0 bridgehead atoms. The summed E-state index contributed by atoms with van der Waals surface area (Å²) in [6.07, 6.45) is 0. The summed E-state index contributed by atoms with van der Waals surface area (Å²) in [5, 5.41) is 2.72. The maximum absolute atomic E-state index is 13.8. The summed E-state index contributed by atoms with van der Waals surface area (Å²) in [6.45, 7) is 5.76. The van der Waals surface area contributed by atoms with Crippen molar-refractivity contribution in [1.82, 2.24) is 4.98 Å². The molecule has 1 heterocycles. The Morgan fingerprint density at radius 2 is 1.68 bits per heavy atom. The van der Waals surface area contributed by atoms with Crippen molar-refractivity contribution in [2.45, 2.75) is 26.2 Å². The van der Waals surface area contributed by atoms with Crippen molar-refractivity contribution in [2.75, 3.05) is 12.4 Å². The lowest BCUT2D eigenvalue weighted by Gasteiger charge is -2.22. The van der Waals surface area contributed by atoms with Crippen molar-refractivity contribution < 1.29 is 13.2 Å². The Kier molecular flexibility index (Phi) is 3.16. The molecule has 0 aliphatic carbocycles. The van der Waals surface area contributed by atoms with Crippen molar-refractivity contribution in [3.8, 4) is 0 Å². The van der Waals surface area contributed by atoms with E-state index in [1.54, 1.807) is 7.05 Å². The van der Waals surface area contributed by atoms with Crippen LogP contribution in [-0.2, 0) is 5.41 Å². The molecule has 0 atom stereocenters. The lowest BCUT2D eigenvalue weighted by molar-refractivity contribution is 0.504. The smallest absolute Gasteiger partial charge is 0.168 e. The zero-order valence-corrected chi connectivity index (χ0v) is 11.2. The number of nitrogens with one attached hydrogen (secondary N) is 1. The molecule has 0 radical (unpaired) electrons. The number of aromatic nitrogens is 1. The number of nitrogens with zero attached hydrogens (tertiary/aromatic N) is 1. The highest BCUT2D eigenvalue weighted by Gasteiger charge is 2.22. The summed E-state index contributed by atoms with van der Waals surface area (Å²) in [5.74, 6) is -2.68. The summed E-state index contributed by atoms with van der Waals surface area (Å²) in [5.41, 5.74) is 0.206. The molecule has 5 heteroatoms. The van der Waals surface area contributed by atoms with Gasteiger partial charge in [0.2, 0.25) is 0 Å². The maximum Gasteiger partial charge on any atom is 0.168 e. The van der Waals surface area contributed by atoms with Gasteiger partial charge >= 0.3 is 0 Å². The summed E-state index contributed by atoms with van der Waals surface area (Å²) < 4.78 is 40.7. The lowest BCUT2D eigenvalue weighted by Crippen LogP contribution is -2.15. The van der Waals surface area contributed by atoms with Crippen LogP contribution in [0.2, 0.25) is 0 Å². The van der Waals surface area contributed by atoms with Gasteiger partial charge in [0.25, 0.3) is 0 Å². The van der Waals surface area contributed by atoms with Crippen LogP contribution in [0.15, 0.2) is 12.1 Å². The monoisotopic (exact) mass is 268 g/mol. The molecule has 102 valence electrons. The van der Waals surface area contributed by atoms with Crippen molar-refractivity contribution in [3.05, 3.63) is 35.1 Å². The van der Waals surface area contributed by atoms with Gasteiger partial charge in [-0.1, -0.05) is 20.8 Å². The molecule has 1 aromatic carbocycles. The first-order valence-corrected chi connectivity index (χ1v) is 5.92. The summed E-state index contributed by atoms with van der Waals surface area (Å²) in [6, 6.07) is 1.97. The predicted octanol–water partition coefficient (Wildman–Crippen LogP) is 3.99. The van der Waals surface area contributed by atoms with Crippen LogP contribution in [0.5, 0.6) is 0 Å². The molecule has 2 rings (SSSR count). The van der Waals surface area contributed by atoms with Crippen molar-refractivity contribution in [2.24, 2.45) is 0 Å². The van der Waals surface area contributed by atoms with Gasteiger partial charge in [0.1, 0.15) is 11.3 Å². The fourth-order valence-electron chi connectivity index (χ4n) is 2.00. The fourth-order valence-corrected chi connectivity index (χ4v) is 2.00. The molecule has 0 saturated carbocycles. The highest BCUT2D eigenvalue weighted by Crippen LogP contribution is 2.33. The van der Waals surface area contributed by atoms with E-state index >= 15 is 0 Å². The first kappa shape index (κ1) is 13.6. The molecule has 2 aromatic rings. The van der Waals surface area contributed by atoms with Crippen molar-refractivity contribution in [1.29, 1.82) is 0 Å².